The number of phosphoric acid groups is 1. The minimum absolute atomic E-state index is 0.259. The van der Waals surface area contributed by atoms with Crippen molar-refractivity contribution in [3.63, 3.8) is 0 Å². The molecule has 0 saturated heterocycles. The second-order valence-corrected chi connectivity index (χ2v) is 20.0. The van der Waals surface area contributed by atoms with Gasteiger partial charge in [-0.25, -0.2) is 0 Å². The molecular formula is C40H86O4P2. The summed E-state index contributed by atoms with van der Waals surface area (Å²) < 4.78 is 21.7. The Morgan fingerprint density at radius 1 is 0.370 bits per heavy atom. The van der Waals surface area contributed by atoms with Crippen molar-refractivity contribution in [3.8, 4) is 0 Å². The highest BCUT2D eigenvalue weighted by Crippen LogP contribution is 2.61. The minimum Gasteiger partial charge on any atom is -0.756 e. The lowest BCUT2D eigenvalue weighted by Crippen LogP contribution is -2.12. The summed E-state index contributed by atoms with van der Waals surface area (Å²) in [6.07, 6.45) is 42.4. The zero-order chi connectivity index (χ0) is 34.5. The molecular weight excluding hydrogens is 606 g/mol. The minimum atomic E-state index is -4.10. The molecule has 0 bridgehead atoms. The van der Waals surface area contributed by atoms with Gasteiger partial charge in [0.05, 0.1) is 37.9 Å². The number of hydrogen-bond donors (Lipinski definition) is 0. The highest BCUT2D eigenvalue weighted by molar-refractivity contribution is 7.75. The summed E-state index contributed by atoms with van der Waals surface area (Å²) in [5, 5.41) is 0. The molecule has 0 N–H and O–H groups in total. The van der Waals surface area contributed by atoms with Crippen LogP contribution < -0.4 is 4.89 Å². The quantitative estimate of drug-likeness (QED) is 0.0484. The van der Waals surface area contributed by atoms with Crippen molar-refractivity contribution >= 4 is 15.1 Å². The van der Waals surface area contributed by atoms with Crippen molar-refractivity contribution in [2.24, 2.45) is 0 Å². The molecule has 0 rings (SSSR count). The summed E-state index contributed by atoms with van der Waals surface area (Å²) in [6, 6.07) is 0. The number of phosphoric ester groups is 1. The molecule has 0 unspecified atom stereocenters. The van der Waals surface area contributed by atoms with Crippen LogP contribution in [0.3, 0.4) is 0 Å². The summed E-state index contributed by atoms with van der Waals surface area (Å²) in [4.78, 5) is 11.7. The Labute approximate surface area is 292 Å². The summed E-state index contributed by atoms with van der Waals surface area (Å²) in [5.41, 5.74) is 0. The standard InChI is InChI=1S/C24H51O4P.C16H36P/c1-3-5-7-9-11-13-15-17-19-21-23-27-29(25,26)28-24-22-20-18-16-14-12-10-8-6-4-2;1-5-9-13-17(14-10-6-2,15-11-7-3)16-12-8-4/h3-24H2,1-2H3,(H,25,26);5-16H2,1-4H3/q;+1/p-1. The summed E-state index contributed by atoms with van der Waals surface area (Å²) in [6.45, 7) is 14.4. The van der Waals surface area contributed by atoms with Crippen molar-refractivity contribution in [3.05, 3.63) is 0 Å². The van der Waals surface area contributed by atoms with Gasteiger partial charge in [-0.1, -0.05) is 183 Å². The van der Waals surface area contributed by atoms with E-state index in [4.69, 9.17) is 9.05 Å². The predicted octanol–water partition coefficient (Wildman–Crippen LogP) is 14.5. The zero-order valence-electron chi connectivity index (χ0n) is 32.6. The molecule has 0 radical (unpaired) electrons. The van der Waals surface area contributed by atoms with Crippen molar-refractivity contribution in [1.82, 2.24) is 0 Å². The summed E-state index contributed by atoms with van der Waals surface area (Å²) in [5.74, 6) is 0. The van der Waals surface area contributed by atoms with Crippen LogP contribution in [0, 0.1) is 0 Å². The molecule has 280 valence electrons. The largest absolute Gasteiger partial charge is 0.756 e. The zero-order valence-corrected chi connectivity index (χ0v) is 34.4. The van der Waals surface area contributed by atoms with Crippen LogP contribution in [0.15, 0.2) is 0 Å². The van der Waals surface area contributed by atoms with E-state index in [0.717, 1.165) is 25.7 Å². The molecule has 4 nitrogen and oxygen atoms in total. The maximum absolute atomic E-state index is 11.7. The van der Waals surface area contributed by atoms with Gasteiger partial charge in [0.2, 0.25) is 0 Å². The van der Waals surface area contributed by atoms with Crippen LogP contribution in [-0.4, -0.2) is 37.9 Å². The van der Waals surface area contributed by atoms with Gasteiger partial charge in [-0.2, -0.15) is 0 Å². The topological polar surface area (TPSA) is 58.6 Å². The fourth-order valence-corrected chi connectivity index (χ4v) is 12.3. The number of rotatable bonds is 36. The van der Waals surface area contributed by atoms with Crippen LogP contribution >= 0.6 is 15.1 Å². The molecule has 0 aliphatic heterocycles. The van der Waals surface area contributed by atoms with Crippen LogP contribution in [0.5, 0.6) is 0 Å². The molecule has 0 aromatic rings. The van der Waals surface area contributed by atoms with Gasteiger partial charge in [-0.15, -0.1) is 0 Å². The van der Waals surface area contributed by atoms with E-state index in [1.165, 1.54) is 154 Å². The van der Waals surface area contributed by atoms with Gasteiger partial charge in [0, 0.05) is 7.26 Å². The lowest BCUT2D eigenvalue weighted by molar-refractivity contribution is -0.225. The molecule has 0 saturated carbocycles. The SMILES string of the molecule is CCCCCCCCCCCCOP(=O)([O-])OCCCCCCCCCCCC.CCCC[P+](CCCC)(CCCC)CCCC. The van der Waals surface area contributed by atoms with Gasteiger partial charge >= 0.3 is 0 Å². The van der Waals surface area contributed by atoms with Gasteiger partial charge in [0.25, 0.3) is 7.82 Å². The maximum Gasteiger partial charge on any atom is 0.267 e. The molecule has 0 heterocycles. The Balaban J connectivity index is 0. The molecule has 0 aromatic carbocycles. The van der Waals surface area contributed by atoms with E-state index in [9.17, 15) is 9.46 Å². The van der Waals surface area contributed by atoms with Crippen LogP contribution in [0.25, 0.3) is 0 Å². The van der Waals surface area contributed by atoms with Gasteiger partial charge < -0.3 is 13.9 Å². The molecule has 46 heavy (non-hydrogen) atoms. The van der Waals surface area contributed by atoms with Crippen LogP contribution in [-0.2, 0) is 13.6 Å². The van der Waals surface area contributed by atoms with E-state index < -0.39 is 15.1 Å². The van der Waals surface area contributed by atoms with E-state index >= 15 is 0 Å². The second-order valence-electron chi connectivity index (χ2n) is 14.1. The molecule has 0 atom stereocenters. The molecule has 0 aromatic heterocycles. The van der Waals surface area contributed by atoms with E-state index in [-0.39, 0.29) is 13.2 Å². The molecule has 6 heteroatoms. The van der Waals surface area contributed by atoms with Crippen molar-refractivity contribution < 1.29 is 18.5 Å². The number of unbranched alkanes of at least 4 members (excludes halogenated alkanes) is 22. The lowest BCUT2D eigenvalue weighted by Gasteiger charge is -2.28. The maximum atomic E-state index is 11.7. The molecule has 0 amide bonds. The first-order chi connectivity index (χ1) is 22.4. The average Bonchev–Trinajstić information content (AvgIpc) is 3.05. The van der Waals surface area contributed by atoms with Gasteiger partial charge in [0.15, 0.2) is 0 Å². The third-order valence-electron chi connectivity index (χ3n) is 9.44. The van der Waals surface area contributed by atoms with Crippen LogP contribution in [0.2, 0.25) is 0 Å². The molecule has 0 aliphatic rings. The first-order valence-corrected chi connectivity index (χ1v) is 24.8. The monoisotopic (exact) mass is 693 g/mol. The average molecular weight is 693 g/mol. The first-order valence-electron chi connectivity index (χ1n) is 20.8. The van der Waals surface area contributed by atoms with E-state index in [1.807, 2.05) is 0 Å². The van der Waals surface area contributed by atoms with Gasteiger partial charge in [-0.3, -0.25) is 4.57 Å². The molecule has 0 fully saturated rings. The molecule has 0 spiro atoms. The Morgan fingerprint density at radius 2 is 0.587 bits per heavy atom. The highest BCUT2D eigenvalue weighted by Gasteiger charge is 2.34. The summed E-state index contributed by atoms with van der Waals surface area (Å²) >= 11 is 0. The Kier molecular flexibility index (Phi) is 40.6. The summed E-state index contributed by atoms with van der Waals surface area (Å²) in [7, 11) is -4.66. The van der Waals surface area contributed by atoms with Gasteiger partial charge in [-0.05, 0) is 38.5 Å². The molecule has 0 aliphatic carbocycles. The van der Waals surface area contributed by atoms with Crippen molar-refractivity contribution in [2.45, 2.75) is 221 Å². The third-order valence-corrected chi connectivity index (χ3v) is 15.5. The number of hydrogen-bond acceptors (Lipinski definition) is 4. The van der Waals surface area contributed by atoms with Crippen molar-refractivity contribution in [2.75, 3.05) is 37.9 Å². The second kappa shape index (κ2) is 38.3. The van der Waals surface area contributed by atoms with E-state index in [1.54, 1.807) is 24.6 Å². The normalized spacial score (nSPS) is 12.0. The lowest BCUT2D eigenvalue weighted by atomic mass is 10.1. The Hall–Kier alpha value is 0.540. The highest BCUT2D eigenvalue weighted by atomic mass is 31.2. The predicted molar refractivity (Wildman–Crippen MR) is 209 cm³/mol. The van der Waals surface area contributed by atoms with Crippen LogP contribution in [0.4, 0.5) is 0 Å². The van der Waals surface area contributed by atoms with Crippen molar-refractivity contribution in [1.29, 1.82) is 0 Å². The van der Waals surface area contributed by atoms with E-state index in [0.29, 0.717) is 0 Å². The fourth-order valence-electron chi connectivity index (χ4n) is 6.21. The van der Waals surface area contributed by atoms with Crippen LogP contribution in [0.1, 0.15) is 221 Å². The van der Waals surface area contributed by atoms with Gasteiger partial charge in [0.1, 0.15) is 0 Å². The first kappa shape index (κ1) is 48.7. The Morgan fingerprint density at radius 3 is 0.826 bits per heavy atom. The third kappa shape index (κ3) is 35.8. The van der Waals surface area contributed by atoms with E-state index in [2.05, 4.69) is 41.5 Å². The Bertz CT molecular complexity index is 549. The fraction of sp³-hybridized carbons (Fsp3) is 1.00. The smallest absolute Gasteiger partial charge is 0.267 e.